The largest absolute Gasteiger partial charge is 0.391 e. The zero-order valence-electron chi connectivity index (χ0n) is 34.1. The van der Waals surface area contributed by atoms with E-state index in [-0.39, 0.29) is 42.8 Å². The highest BCUT2D eigenvalue weighted by Crippen LogP contribution is 2.33. The summed E-state index contributed by atoms with van der Waals surface area (Å²) in [5, 5.41) is 39.5. The molecular weight excluding hydrogens is 811 g/mol. The fourth-order valence-electron chi connectivity index (χ4n) is 6.59. The molecule has 0 aliphatic carbocycles. The Bertz CT molecular complexity index is 1550. The van der Waals surface area contributed by atoms with E-state index < -0.39 is 103 Å². The summed E-state index contributed by atoms with van der Waals surface area (Å²) >= 11 is 1.82. The maximum atomic E-state index is 13.1. The molecule has 0 aromatic carbocycles. The highest BCUT2D eigenvalue weighted by molar-refractivity contribution is 8.00. The van der Waals surface area contributed by atoms with Gasteiger partial charge in [-0.1, -0.05) is 20.3 Å². The number of nitrogens with one attached hydrogen (secondary N) is 9. The first-order valence-corrected chi connectivity index (χ1v) is 20.9. The molecule has 2 saturated heterocycles. The van der Waals surface area contributed by atoms with Gasteiger partial charge in [-0.25, -0.2) is 10.3 Å². The van der Waals surface area contributed by atoms with E-state index in [2.05, 4.69) is 42.5 Å². The van der Waals surface area contributed by atoms with Crippen LogP contribution in [0.5, 0.6) is 0 Å². The van der Waals surface area contributed by atoms with Crippen molar-refractivity contribution in [2.45, 2.75) is 127 Å². The molecule has 0 radical (unpaired) electrons. The number of unbranched alkanes of at least 4 members (excludes halogenated alkanes) is 2. The third-order valence-electron chi connectivity index (χ3n) is 9.65. The van der Waals surface area contributed by atoms with E-state index in [9.17, 15) is 53.1 Å². The van der Waals surface area contributed by atoms with Gasteiger partial charge in [0.25, 0.3) is 0 Å². The molecule has 0 bridgehead atoms. The molecule has 2 heterocycles. The molecular formula is C36H61N11O12S. The van der Waals surface area contributed by atoms with Gasteiger partial charge in [0.2, 0.25) is 53.2 Å². The van der Waals surface area contributed by atoms with Crippen LogP contribution in [0.15, 0.2) is 0 Å². The van der Waals surface area contributed by atoms with Crippen LogP contribution in [-0.4, -0.2) is 136 Å². The number of nitrogens with two attached hydrogens (primary N) is 2. The average molecular weight is 872 g/mol. The van der Waals surface area contributed by atoms with E-state index in [4.69, 9.17) is 16.7 Å². The van der Waals surface area contributed by atoms with Crippen molar-refractivity contribution in [1.29, 1.82) is 0 Å². The fraction of sp³-hybridized carbons (Fsp3) is 0.722. The van der Waals surface area contributed by atoms with Gasteiger partial charge in [0.05, 0.1) is 37.7 Å². The molecule has 15 N–H and O–H groups in total. The van der Waals surface area contributed by atoms with Gasteiger partial charge in [0.1, 0.15) is 18.1 Å². The number of hydroxylamine groups is 1. The fourth-order valence-corrected chi connectivity index (χ4v) is 8.14. The molecule has 0 saturated carbocycles. The minimum absolute atomic E-state index is 0.0820. The summed E-state index contributed by atoms with van der Waals surface area (Å²) in [5.41, 5.74) is 12.1. The van der Waals surface area contributed by atoms with E-state index in [0.29, 0.717) is 37.5 Å². The Balaban J connectivity index is 1.73. The van der Waals surface area contributed by atoms with E-state index >= 15 is 0 Å². The number of aliphatic hydroxyl groups is 1. The van der Waals surface area contributed by atoms with Crippen LogP contribution in [0, 0.1) is 11.8 Å². The first-order valence-electron chi connectivity index (χ1n) is 19.9. The number of aliphatic hydroxyl groups excluding tert-OH is 1. The van der Waals surface area contributed by atoms with Gasteiger partial charge in [-0.15, -0.1) is 0 Å². The van der Waals surface area contributed by atoms with Crippen molar-refractivity contribution in [3.05, 3.63) is 0 Å². The van der Waals surface area contributed by atoms with Crippen molar-refractivity contribution in [2.75, 3.05) is 25.4 Å². The van der Waals surface area contributed by atoms with Crippen molar-refractivity contribution >= 4 is 71.0 Å². The van der Waals surface area contributed by atoms with Crippen LogP contribution in [0.3, 0.4) is 0 Å². The number of primary amides is 2. The molecule has 2 fully saturated rings. The lowest BCUT2D eigenvalue weighted by Crippen LogP contribution is -2.59. The number of fused-ring (bicyclic) bond motifs is 1. The minimum Gasteiger partial charge on any atom is -0.391 e. The summed E-state index contributed by atoms with van der Waals surface area (Å²) in [7, 11) is 0. The lowest BCUT2D eigenvalue weighted by molar-refractivity contribution is -0.138. The van der Waals surface area contributed by atoms with Gasteiger partial charge >= 0.3 is 6.03 Å². The second-order valence-corrected chi connectivity index (χ2v) is 16.5. The second kappa shape index (κ2) is 26.1. The third-order valence-corrected chi connectivity index (χ3v) is 11.2. The zero-order valence-corrected chi connectivity index (χ0v) is 35.0. The maximum Gasteiger partial charge on any atom is 0.315 e. The first-order chi connectivity index (χ1) is 28.3. The Labute approximate surface area is 351 Å². The molecule has 2 aliphatic heterocycles. The maximum absolute atomic E-state index is 13.1. The number of urea groups is 1. The molecule has 8 atom stereocenters. The highest BCUT2D eigenvalue weighted by Gasteiger charge is 2.42. The Morgan fingerprint density at radius 2 is 1.47 bits per heavy atom. The molecule has 0 spiro atoms. The molecule has 1 unspecified atom stereocenters. The lowest BCUT2D eigenvalue weighted by Gasteiger charge is -2.25. The van der Waals surface area contributed by atoms with Crippen LogP contribution in [-0.2, 0) is 43.2 Å². The van der Waals surface area contributed by atoms with Gasteiger partial charge in [-0.2, -0.15) is 11.8 Å². The topological polar surface area (TPSA) is 371 Å². The van der Waals surface area contributed by atoms with Gasteiger partial charge in [0.15, 0.2) is 0 Å². The van der Waals surface area contributed by atoms with Crippen LogP contribution in [0.2, 0.25) is 0 Å². The van der Waals surface area contributed by atoms with Crippen molar-refractivity contribution < 1.29 is 58.3 Å². The predicted molar refractivity (Wildman–Crippen MR) is 215 cm³/mol. The van der Waals surface area contributed by atoms with Gasteiger partial charge in [-0.05, 0) is 51.4 Å². The number of carbonyl (C=O) groups is 10. The minimum atomic E-state index is -1.69. The van der Waals surface area contributed by atoms with Crippen molar-refractivity contribution in [3.63, 3.8) is 0 Å². The molecule has 24 heteroatoms. The van der Waals surface area contributed by atoms with Crippen LogP contribution < -0.4 is 59.5 Å². The monoisotopic (exact) mass is 871 g/mol. The van der Waals surface area contributed by atoms with Gasteiger partial charge < -0.3 is 59.1 Å². The standard InChI is InChI=1S/C36H61N11O12S/c1-18(2)12-20(13-27(51)47-59)33(55)43-22(14-25(37)49)34(56)45-30(19(3)48)35(57)41-15-28(52)40-16-29(53)42-21(32(38)54)8-6-7-11-39-26(50)10-5-4-9-24-31-23(17-60-24)44-36(58)46-31/h18-24,30-31,48,59H,4-17H2,1-3H3,(H2,37,49)(H2,38,54)(H,39,50)(H,40,52)(H,41,57)(H,42,53)(H,43,55)(H,45,56)(H,47,51)(H2,44,46,58)/t19-,20?,21+,22+,23+,24+,30+,31+/m1/s1. The Hall–Kier alpha value is -5.23. The quantitative estimate of drug-likeness (QED) is 0.0154. The molecule has 338 valence electrons. The summed E-state index contributed by atoms with van der Waals surface area (Å²) in [4.78, 5) is 123. The van der Waals surface area contributed by atoms with Gasteiger partial charge in [-0.3, -0.25) is 48.4 Å². The second-order valence-electron chi connectivity index (χ2n) is 15.3. The molecule has 2 aliphatic rings. The smallest absolute Gasteiger partial charge is 0.315 e. The number of carbonyl (C=O) groups excluding carboxylic acids is 10. The molecule has 0 aromatic heterocycles. The summed E-state index contributed by atoms with van der Waals surface area (Å²) in [6.07, 6.45) is 1.42. The Morgan fingerprint density at radius 3 is 2.10 bits per heavy atom. The van der Waals surface area contributed by atoms with Crippen LogP contribution in [0.25, 0.3) is 0 Å². The normalized spacial score (nSPS) is 19.2. The van der Waals surface area contributed by atoms with E-state index in [1.165, 1.54) is 5.48 Å². The number of hydrogen-bond acceptors (Lipinski definition) is 13. The van der Waals surface area contributed by atoms with Crippen LogP contribution in [0.1, 0.15) is 85.0 Å². The molecule has 60 heavy (non-hydrogen) atoms. The SMILES string of the molecule is CC(C)CC(CC(=O)NO)C(=O)N[C@@H](CC(N)=O)C(=O)N[C@H](C(=O)NCC(=O)NCC(=O)N[C@@H](CCCCNC(=O)CCCC[C@@H]1SC[C@@H]2NC(=O)N[C@@H]21)C(N)=O)[C@@H](C)O. The van der Waals surface area contributed by atoms with E-state index in [1.54, 1.807) is 13.8 Å². The van der Waals surface area contributed by atoms with Crippen molar-refractivity contribution in [2.24, 2.45) is 23.3 Å². The van der Waals surface area contributed by atoms with Crippen molar-refractivity contribution in [1.82, 2.24) is 48.0 Å². The Kier molecular flexibility index (Phi) is 22.1. The number of amides is 11. The molecule has 2 rings (SSSR count). The molecule has 11 amide bonds. The zero-order chi connectivity index (χ0) is 44.9. The number of thioether (sulfide) groups is 1. The molecule has 0 aromatic rings. The number of rotatable bonds is 28. The average Bonchev–Trinajstić information content (AvgIpc) is 3.73. The first kappa shape index (κ1) is 50.9. The van der Waals surface area contributed by atoms with E-state index in [1.807, 2.05) is 11.8 Å². The Morgan fingerprint density at radius 1 is 0.767 bits per heavy atom. The predicted octanol–water partition coefficient (Wildman–Crippen LogP) is -4.02. The third kappa shape index (κ3) is 18.8. The summed E-state index contributed by atoms with van der Waals surface area (Å²) in [6.45, 7) is 3.75. The van der Waals surface area contributed by atoms with Gasteiger partial charge in [0, 0.05) is 36.3 Å². The summed E-state index contributed by atoms with van der Waals surface area (Å²) in [5.74, 6) is -7.54. The number of hydrogen-bond donors (Lipinski definition) is 13. The van der Waals surface area contributed by atoms with Crippen LogP contribution >= 0.6 is 11.8 Å². The highest BCUT2D eigenvalue weighted by atomic mass is 32.2. The van der Waals surface area contributed by atoms with Crippen molar-refractivity contribution in [3.8, 4) is 0 Å². The van der Waals surface area contributed by atoms with E-state index in [0.717, 1.165) is 25.5 Å². The molecule has 23 nitrogen and oxygen atoms in total. The lowest BCUT2D eigenvalue weighted by atomic mass is 9.92. The van der Waals surface area contributed by atoms with Crippen LogP contribution in [0.4, 0.5) is 4.79 Å². The summed E-state index contributed by atoms with van der Waals surface area (Å²) < 4.78 is 0. The summed E-state index contributed by atoms with van der Waals surface area (Å²) in [6, 6.07) is -4.22.